The summed E-state index contributed by atoms with van der Waals surface area (Å²) < 4.78 is 10.6. The Balaban J connectivity index is 1.84. The third kappa shape index (κ3) is 5.55. The van der Waals surface area contributed by atoms with Crippen LogP contribution in [0, 0.1) is 0 Å². The number of aromatic nitrogens is 1. The molecule has 0 bridgehead atoms. The summed E-state index contributed by atoms with van der Waals surface area (Å²) in [4.78, 5) is 21.4. The molecule has 0 aliphatic heterocycles. The summed E-state index contributed by atoms with van der Waals surface area (Å²) in [5.74, 6) is 1.23. The van der Waals surface area contributed by atoms with Crippen LogP contribution < -0.4 is 20.1 Å². The smallest absolute Gasteiger partial charge is 0.258 e. The second-order valence-electron chi connectivity index (χ2n) is 6.04. The van der Waals surface area contributed by atoms with Crippen molar-refractivity contribution in [2.45, 2.75) is 6.54 Å². The van der Waals surface area contributed by atoms with Gasteiger partial charge >= 0.3 is 0 Å². The van der Waals surface area contributed by atoms with Crippen LogP contribution in [0.2, 0.25) is 0 Å². The molecule has 3 rings (SSSR count). The summed E-state index contributed by atoms with van der Waals surface area (Å²) in [6.45, 7) is 0.351. The van der Waals surface area contributed by atoms with Gasteiger partial charge in [0.2, 0.25) is 5.96 Å². The van der Waals surface area contributed by atoms with Crippen molar-refractivity contribution < 1.29 is 14.3 Å². The van der Waals surface area contributed by atoms with Crippen molar-refractivity contribution in [3.63, 3.8) is 0 Å². The maximum atomic E-state index is 12.7. The first-order chi connectivity index (χ1) is 14.2. The molecule has 0 saturated carbocycles. The van der Waals surface area contributed by atoms with E-state index in [-0.39, 0.29) is 5.91 Å². The number of nitrogens with zero attached hydrogens (tertiary/aromatic N) is 2. The van der Waals surface area contributed by atoms with E-state index < -0.39 is 0 Å². The molecule has 148 valence electrons. The van der Waals surface area contributed by atoms with Crippen molar-refractivity contribution in [2.24, 2.45) is 4.99 Å². The van der Waals surface area contributed by atoms with Gasteiger partial charge in [0.05, 0.1) is 26.5 Å². The Morgan fingerprint density at radius 2 is 1.90 bits per heavy atom. The molecule has 2 aromatic carbocycles. The van der Waals surface area contributed by atoms with Gasteiger partial charge in [0.1, 0.15) is 11.5 Å². The number of anilines is 1. The first kappa shape index (κ1) is 19.9. The molecule has 1 aromatic heterocycles. The van der Waals surface area contributed by atoms with E-state index >= 15 is 0 Å². The third-order valence-electron chi connectivity index (χ3n) is 4.07. The summed E-state index contributed by atoms with van der Waals surface area (Å²) in [6, 6.07) is 18.1. The molecule has 0 saturated heterocycles. The van der Waals surface area contributed by atoms with Gasteiger partial charge in [-0.3, -0.25) is 15.1 Å². The Labute approximate surface area is 169 Å². The van der Waals surface area contributed by atoms with Crippen molar-refractivity contribution in [2.75, 3.05) is 19.5 Å². The van der Waals surface area contributed by atoms with Crippen LogP contribution in [0.4, 0.5) is 5.69 Å². The Morgan fingerprint density at radius 3 is 2.66 bits per heavy atom. The summed E-state index contributed by atoms with van der Waals surface area (Å²) in [5.41, 5.74) is 2.06. The number of rotatable bonds is 6. The molecule has 0 aliphatic carbocycles. The van der Waals surface area contributed by atoms with E-state index in [9.17, 15) is 4.79 Å². The highest BCUT2D eigenvalue weighted by atomic mass is 16.5. The van der Waals surface area contributed by atoms with Gasteiger partial charge in [-0.2, -0.15) is 0 Å². The molecule has 0 spiro atoms. The lowest BCUT2D eigenvalue weighted by Crippen LogP contribution is -2.36. The molecule has 3 aromatic rings. The van der Waals surface area contributed by atoms with Crippen LogP contribution in [0.15, 0.2) is 78.0 Å². The number of benzene rings is 2. The minimum Gasteiger partial charge on any atom is -0.497 e. The number of hydrogen-bond donors (Lipinski definition) is 2. The topological polar surface area (TPSA) is 84.8 Å². The average molecular weight is 390 g/mol. The van der Waals surface area contributed by atoms with Crippen LogP contribution >= 0.6 is 0 Å². The van der Waals surface area contributed by atoms with Gasteiger partial charge in [-0.25, -0.2) is 4.99 Å². The lowest BCUT2D eigenvalue weighted by atomic mass is 10.2. The van der Waals surface area contributed by atoms with Crippen molar-refractivity contribution in [3.05, 3.63) is 84.2 Å². The number of nitrogens with one attached hydrogen (secondary N) is 2. The molecule has 1 heterocycles. The van der Waals surface area contributed by atoms with Gasteiger partial charge in [-0.1, -0.05) is 24.3 Å². The van der Waals surface area contributed by atoms with Crippen LogP contribution in [0.3, 0.4) is 0 Å². The zero-order valence-electron chi connectivity index (χ0n) is 16.3. The standard InChI is InChI=1S/C22H22N4O3/c1-28-18-9-5-8-17(13-18)21(27)26-22(24-15-16-7-6-12-23-14-16)25-19-10-3-4-11-20(19)29-2/h3-14H,15H2,1-2H3,(H2,24,25,26,27). The van der Waals surface area contributed by atoms with Crippen LogP contribution in [0.5, 0.6) is 11.5 Å². The van der Waals surface area contributed by atoms with Gasteiger partial charge in [0.25, 0.3) is 5.91 Å². The zero-order chi connectivity index (χ0) is 20.5. The summed E-state index contributed by atoms with van der Waals surface area (Å²) >= 11 is 0. The minimum absolute atomic E-state index is 0.297. The molecule has 0 unspecified atom stereocenters. The SMILES string of the molecule is COc1cccc(C(=O)NC(=NCc2cccnc2)Nc2ccccc2OC)c1. The summed E-state index contributed by atoms with van der Waals surface area (Å²) in [7, 11) is 3.14. The van der Waals surface area contributed by atoms with Gasteiger partial charge < -0.3 is 14.8 Å². The average Bonchev–Trinajstić information content (AvgIpc) is 2.78. The fourth-order valence-electron chi connectivity index (χ4n) is 2.59. The normalized spacial score (nSPS) is 10.9. The molecule has 29 heavy (non-hydrogen) atoms. The predicted molar refractivity (Wildman–Crippen MR) is 112 cm³/mol. The Hall–Kier alpha value is -3.87. The lowest BCUT2D eigenvalue weighted by molar-refractivity contribution is 0.0976. The van der Waals surface area contributed by atoms with Crippen LogP contribution in [0.25, 0.3) is 0 Å². The molecule has 0 atom stereocenters. The second-order valence-corrected chi connectivity index (χ2v) is 6.04. The molecule has 0 aliphatic rings. The Kier molecular flexibility index (Phi) is 6.78. The maximum absolute atomic E-state index is 12.7. The quantitative estimate of drug-likeness (QED) is 0.497. The number of carbonyl (C=O) groups is 1. The molecule has 7 heteroatoms. The summed E-state index contributed by atoms with van der Waals surface area (Å²) in [5, 5.41) is 5.96. The van der Waals surface area contributed by atoms with Crippen molar-refractivity contribution in [1.29, 1.82) is 0 Å². The van der Waals surface area contributed by atoms with E-state index in [1.165, 1.54) is 0 Å². The fraction of sp³-hybridized carbons (Fsp3) is 0.136. The van der Waals surface area contributed by atoms with E-state index in [4.69, 9.17) is 9.47 Å². The van der Waals surface area contributed by atoms with Gasteiger partial charge in [0, 0.05) is 18.0 Å². The first-order valence-electron chi connectivity index (χ1n) is 8.98. The van der Waals surface area contributed by atoms with Gasteiger partial charge in [-0.15, -0.1) is 0 Å². The largest absolute Gasteiger partial charge is 0.497 e. The van der Waals surface area contributed by atoms with E-state index in [0.717, 1.165) is 5.56 Å². The monoisotopic (exact) mass is 390 g/mol. The number of amides is 1. The number of hydrogen-bond acceptors (Lipinski definition) is 5. The third-order valence-corrected chi connectivity index (χ3v) is 4.07. The highest BCUT2D eigenvalue weighted by Gasteiger charge is 2.12. The van der Waals surface area contributed by atoms with Gasteiger partial charge in [-0.05, 0) is 42.0 Å². The van der Waals surface area contributed by atoms with Crippen molar-refractivity contribution >= 4 is 17.6 Å². The molecule has 0 radical (unpaired) electrons. The molecule has 1 amide bonds. The van der Waals surface area contributed by atoms with E-state index in [1.807, 2.05) is 36.4 Å². The highest BCUT2D eigenvalue weighted by Crippen LogP contribution is 2.23. The number of carbonyl (C=O) groups excluding carboxylic acids is 1. The van der Waals surface area contributed by atoms with E-state index in [0.29, 0.717) is 35.3 Å². The molecule has 2 N–H and O–H groups in total. The number of aliphatic imine (C=N–C) groups is 1. The Morgan fingerprint density at radius 1 is 1.03 bits per heavy atom. The van der Waals surface area contributed by atoms with Crippen molar-refractivity contribution in [1.82, 2.24) is 10.3 Å². The van der Waals surface area contributed by atoms with Gasteiger partial charge in [0.15, 0.2) is 0 Å². The zero-order valence-corrected chi connectivity index (χ0v) is 16.3. The van der Waals surface area contributed by atoms with Crippen molar-refractivity contribution in [3.8, 4) is 11.5 Å². The Bertz CT molecular complexity index is 990. The predicted octanol–water partition coefficient (Wildman–Crippen LogP) is 3.50. The number of guanidine groups is 1. The number of para-hydroxylation sites is 2. The molecule has 0 fully saturated rings. The lowest BCUT2D eigenvalue weighted by Gasteiger charge is -2.14. The molecular formula is C22H22N4O3. The number of pyridine rings is 1. The maximum Gasteiger partial charge on any atom is 0.258 e. The van der Waals surface area contributed by atoms with Crippen LogP contribution in [-0.4, -0.2) is 31.1 Å². The number of methoxy groups -OCH3 is 2. The molecular weight excluding hydrogens is 368 g/mol. The van der Waals surface area contributed by atoms with E-state index in [2.05, 4.69) is 20.6 Å². The first-order valence-corrected chi connectivity index (χ1v) is 8.98. The molecule has 7 nitrogen and oxygen atoms in total. The van der Waals surface area contributed by atoms with E-state index in [1.54, 1.807) is 50.9 Å². The number of ether oxygens (including phenoxy) is 2. The highest BCUT2D eigenvalue weighted by molar-refractivity contribution is 6.10. The fourth-order valence-corrected chi connectivity index (χ4v) is 2.59. The second kappa shape index (κ2) is 9.89. The van der Waals surface area contributed by atoms with Crippen LogP contribution in [0.1, 0.15) is 15.9 Å². The summed E-state index contributed by atoms with van der Waals surface area (Å²) in [6.07, 6.45) is 3.43. The van der Waals surface area contributed by atoms with Crippen LogP contribution in [-0.2, 0) is 6.54 Å². The minimum atomic E-state index is -0.309.